The first kappa shape index (κ1) is 19.9. The zero-order valence-electron chi connectivity index (χ0n) is 15.2. The van der Waals surface area contributed by atoms with Gasteiger partial charge < -0.3 is 14.5 Å². The molecule has 5 nitrogen and oxygen atoms in total. The fourth-order valence-electron chi connectivity index (χ4n) is 3.62. The number of ether oxygens (including phenoxy) is 1. The smallest absolute Gasteiger partial charge is 0.251 e. The van der Waals surface area contributed by atoms with Crippen molar-refractivity contribution in [3.63, 3.8) is 0 Å². The Morgan fingerprint density at radius 1 is 0.926 bits per heavy atom. The first-order chi connectivity index (χ1) is 12.7. The number of thiol groups is 1. The summed E-state index contributed by atoms with van der Waals surface area (Å²) in [5, 5.41) is 0. The van der Waals surface area contributed by atoms with Crippen LogP contribution >= 0.6 is 25.0 Å². The van der Waals surface area contributed by atoms with E-state index in [0.717, 1.165) is 37.7 Å². The minimum Gasteiger partial charge on any atom is -0.378 e. The van der Waals surface area contributed by atoms with Crippen LogP contribution in [-0.2, 0) is 9.53 Å². The number of hydrogen-bond donors (Lipinski definition) is 1. The lowest BCUT2D eigenvalue weighted by Gasteiger charge is -2.31. The van der Waals surface area contributed by atoms with Gasteiger partial charge in [-0.05, 0) is 43.3 Å². The summed E-state index contributed by atoms with van der Waals surface area (Å²) < 4.78 is 5.42. The van der Waals surface area contributed by atoms with Crippen LogP contribution in [0, 0.1) is 0 Å². The number of carbonyl (C=O) groups excluding carboxylic acids is 1. The molecule has 2 saturated heterocycles. The molecule has 2 fully saturated rings. The van der Waals surface area contributed by atoms with Crippen molar-refractivity contribution < 1.29 is 9.53 Å². The zero-order chi connectivity index (χ0) is 18.1. The van der Waals surface area contributed by atoms with Crippen LogP contribution in [0.4, 0.5) is 17.1 Å². The molecule has 2 atom stereocenters. The van der Waals surface area contributed by atoms with Crippen molar-refractivity contribution in [1.82, 2.24) is 0 Å². The van der Waals surface area contributed by atoms with E-state index in [1.807, 2.05) is 37.3 Å². The number of halogens is 1. The Labute approximate surface area is 171 Å². The van der Waals surface area contributed by atoms with Gasteiger partial charge in [-0.15, -0.1) is 25.0 Å². The normalized spacial score (nSPS) is 22.7. The highest BCUT2D eigenvalue weighted by Crippen LogP contribution is 2.35. The molecule has 0 N–H and O–H groups in total. The monoisotopic (exact) mass is 405 g/mol. The van der Waals surface area contributed by atoms with Crippen LogP contribution in [0.3, 0.4) is 0 Å². The van der Waals surface area contributed by atoms with Crippen LogP contribution in [0.25, 0.3) is 0 Å². The Hall–Kier alpha value is -1.89. The molecule has 2 unspecified atom stereocenters. The quantitative estimate of drug-likeness (QED) is 0.794. The fourth-order valence-corrected chi connectivity index (χ4v) is 4.20. The predicted molar refractivity (Wildman–Crippen MR) is 115 cm³/mol. The highest BCUT2D eigenvalue weighted by Gasteiger charge is 2.42. The molecule has 2 aliphatic heterocycles. The molecule has 0 aromatic heterocycles. The van der Waals surface area contributed by atoms with Gasteiger partial charge in [0.2, 0.25) is 0 Å². The minimum absolute atomic E-state index is 0. The number of benzene rings is 2. The molecule has 0 bridgehead atoms. The summed E-state index contributed by atoms with van der Waals surface area (Å²) in [6.45, 7) is 5.29. The van der Waals surface area contributed by atoms with Crippen LogP contribution in [0.5, 0.6) is 0 Å². The third-order valence-corrected chi connectivity index (χ3v) is 5.53. The molecule has 2 heterocycles. The number of morpholine rings is 1. The molecular formula is C20H24ClN3O2S. The van der Waals surface area contributed by atoms with Gasteiger partial charge in [0.05, 0.1) is 13.2 Å². The number of nitrogens with zero attached hydrogens (tertiary/aromatic N) is 3. The Balaban J connectivity index is 0.00000210. The molecular weight excluding hydrogens is 382 g/mol. The van der Waals surface area contributed by atoms with Crippen molar-refractivity contribution in [3.05, 3.63) is 54.6 Å². The molecule has 2 aromatic rings. The molecule has 1 amide bonds. The van der Waals surface area contributed by atoms with Crippen LogP contribution in [0.1, 0.15) is 6.92 Å². The van der Waals surface area contributed by atoms with Gasteiger partial charge >= 0.3 is 0 Å². The summed E-state index contributed by atoms with van der Waals surface area (Å²) in [7, 11) is 0. The lowest BCUT2D eigenvalue weighted by Crippen LogP contribution is -2.37. The fraction of sp³-hybridized carbons (Fsp3) is 0.350. The molecule has 7 heteroatoms. The summed E-state index contributed by atoms with van der Waals surface area (Å²) in [6.07, 6.45) is 0. The molecule has 4 rings (SSSR count). The second-order valence-electron chi connectivity index (χ2n) is 6.59. The topological polar surface area (TPSA) is 36.0 Å². The van der Waals surface area contributed by atoms with Crippen molar-refractivity contribution >= 4 is 48.0 Å². The predicted octanol–water partition coefficient (Wildman–Crippen LogP) is 3.40. The van der Waals surface area contributed by atoms with Crippen LogP contribution < -0.4 is 14.7 Å². The van der Waals surface area contributed by atoms with Gasteiger partial charge in [0.15, 0.2) is 5.50 Å². The number of rotatable bonds is 3. The Morgan fingerprint density at radius 3 is 2.15 bits per heavy atom. The van der Waals surface area contributed by atoms with Crippen molar-refractivity contribution in [2.75, 3.05) is 41.0 Å². The largest absolute Gasteiger partial charge is 0.378 e. The van der Waals surface area contributed by atoms with Gasteiger partial charge in [-0.25, -0.2) is 0 Å². The summed E-state index contributed by atoms with van der Waals surface area (Å²) in [6, 6.07) is 17.8. The van der Waals surface area contributed by atoms with Crippen molar-refractivity contribution in [2.45, 2.75) is 18.5 Å². The second kappa shape index (κ2) is 8.42. The van der Waals surface area contributed by atoms with Gasteiger partial charge in [0.1, 0.15) is 6.04 Å². The molecule has 27 heavy (non-hydrogen) atoms. The minimum atomic E-state index is -0.325. The average molecular weight is 406 g/mol. The molecule has 2 aromatic carbocycles. The summed E-state index contributed by atoms with van der Waals surface area (Å²) in [4.78, 5) is 19.0. The van der Waals surface area contributed by atoms with E-state index in [0.29, 0.717) is 0 Å². The molecule has 0 aliphatic carbocycles. The number of para-hydroxylation sites is 1. The maximum Gasteiger partial charge on any atom is 0.251 e. The second-order valence-corrected chi connectivity index (χ2v) is 7.05. The van der Waals surface area contributed by atoms with E-state index in [2.05, 4.69) is 34.1 Å². The number of anilines is 3. The van der Waals surface area contributed by atoms with E-state index in [1.54, 1.807) is 4.90 Å². The average Bonchev–Trinajstić information content (AvgIpc) is 2.92. The summed E-state index contributed by atoms with van der Waals surface area (Å²) in [5.74, 6) is 0.0634. The van der Waals surface area contributed by atoms with Crippen molar-refractivity contribution in [3.8, 4) is 0 Å². The first-order valence-corrected chi connectivity index (χ1v) is 9.46. The maximum atomic E-state index is 12.8. The van der Waals surface area contributed by atoms with Gasteiger partial charge in [-0.2, -0.15) is 0 Å². The Morgan fingerprint density at radius 2 is 1.52 bits per heavy atom. The molecule has 144 valence electrons. The van der Waals surface area contributed by atoms with Crippen molar-refractivity contribution in [2.24, 2.45) is 0 Å². The van der Waals surface area contributed by atoms with E-state index in [1.165, 1.54) is 5.69 Å². The molecule has 0 saturated carbocycles. The molecule has 2 aliphatic rings. The van der Waals surface area contributed by atoms with E-state index in [4.69, 9.17) is 17.4 Å². The number of hydrogen-bond acceptors (Lipinski definition) is 5. The lowest BCUT2D eigenvalue weighted by molar-refractivity contribution is -0.117. The standard InChI is InChI=1S/C20H23N3O2S.ClH/c1-15-19(24)23(17-5-3-2-4-6-17)20(26)22(15)18-9-7-16(8-10-18)21-11-13-25-14-12-21;/h2-10,15,20,26H,11-14H2,1H3;1H. The number of carbonyl (C=O) groups is 1. The van der Waals surface area contributed by atoms with Gasteiger partial charge in [-0.3, -0.25) is 9.69 Å². The van der Waals surface area contributed by atoms with Gasteiger partial charge in [0, 0.05) is 30.2 Å². The third-order valence-electron chi connectivity index (χ3n) is 5.05. The van der Waals surface area contributed by atoms with Crippen LogP contribution in [-0.4, -0.2) is 43.8 Å². The van der Waals surface area contributed by atoms with Gasteiger partial charge in [0.25, 0.3) is 5.91 Å². The third kappa shape index (κ3) is 3.74. The Kier molecular flexibility index (Phi) is 6.19. The molecule has 0 radical (unpaired) electrons. The van der Waals surface area contributed by atoms with Crippen LogP contribution in [0.2, 0.25) is 0 Å². The molecule has 0 spiro atoms. The van der Waals surface area contributed by atoms with Gasteiger partial charge in [-0.1, -0.05) is 18.2 Å². The highest BCUT2D eigenvalue weighted by atomic mass is 35.5. The van der Waals surface area contributed by atoms with E-state index < -0.39 is 0 Å². The van der Waals surface area contributed by atoms with E-state index >= 15 is 0 Å². The van der Waals surface area contributed by atoms with Crippen molar-refractivity contribution in [1.29, 1.82) is 0 Å². The SMILES string of the molecule is CC1C(=O)N(c2ccccc2)C(S)N1c1ccc(N2CCOCC2)cc1.Cl. The maximum absolute atomic E-state index is 12.8. The number of amides is 1. The highest BCUT2D eigenvalue weighted by molar-refractivity contribution is 7.81. The first-order valence-electron chi connectivity index (χ1n) is 8.94. The van der Waals surface area contributed by atoms with E-state index in [9.17, 15) is 4.79 Å². The van der Waals surface area contributed by atoms with Crippen LogP contribution in [0.15, 0.2) is 54.6 Å². The van der Waals surface area contributed by atoms with E-state index in [-0.39, 0.29) is 29.9 Å². The Bertz CT molecular complexity index is 769. The zero-order valence-corrected chi connectivity index (χ0v) is 16.9. The summed E-state index contributed by atoms with van der Waals surface area (Å²) in [5.41, 5.74) is 2.73. The summed E-state index contributed by atoms with van der Waals surface area (Å²) >= 11 is 4.76. The lowest BCUT2D eigenvalue weighted by atomic mass is 10.2.